The molecule has 0 saturated carbocycles. The topological polar surface area (TPSA) is 49.3 Å². The fourth-order valence-corrected chi connectivity index (χ4v) is 1.35. The molecule has 0 atom stereocenters. The summed E-state index contributed by atoms with van der Waals surface area (Å²) < 4.78 is 12.9. The second-order valence-corrected chi connectivity index (χ2v) is 3.69. The van der Waals surface area contributed by atoms with Crippen molar-refractivity contribution < 1.29 is 14.3 Å². The predicted molar refractivity (Wildman–Crippen MR) is 59.3 cm³/mol. The zero-order valence-electron chi connectivity index (χ0n) is 9.29. The Balaban J connectivity index is 2.42. The van der Waals surface area contributed by atoms with E-state index in [-0.39, 0.29) is 18.3 Å². The van der Waals surface area contributed by atoms with Crippen molar-refractivity contribution >= 4 is 5.91 Å². The minimum Gasteiger partial charge on any atom is -0.396 e. The van der Waals surface area contributed by atoms with Crippen molar-refractivity contribution in [2.75, 3.05) is 6.61 Å². The number of aryl methyl sites for hydroxylation is 1. The van der Waals surface area contributed by atoms with Crippen LogP contribution >= 0.6 is 0 Å². The van der Waals surface area contributed by atoms with Crippen LogP contribution in [0.4, 0.5) is 4.39 Å². The number of aliphatic hydroxyl groups excluding tert-OH is 1. The molecule has 88 valence electrons. The number of benzene rings is 1. The molecule has 0 bridgehead atoms. The third-order valence-corrected chi connectivity index (χ3v) is 2.27. The van der Waals surface area contributed by atoms with Crippen molar-refractivity contribution in [3.63, 3.8) is 0 Å². The van der Waals surface area contributed by atoms with Crippen molar-refractivity contribution in [1.29, 1.82) is 0 Å². The third kappa shape index (κ3) is 3.98. The molecule has 0 unspecified atom stereocenters. The van der Waals surface area contributed by atoms with Crippen molar-refractivity contribution in [3.8, 4) is 0 Å². The highest BCUT2D eigenvalue weighted by Gasteiger charge is 2.02. The third-order valence-electron chi connectivity index (χ3n) is 2.27. The Morgan fingerprint density at radius 2 is 2.25 bits per heavy atom. The lowest BCUT2D eigenvalue weighted by Gasteiger charge is -2.06. The monoisotopic (exact) mass is 225 g/mol. The molecule has 0 heterocycles. The predicted octanol–water partition coefficient (Wildman–Crippen LogP) is 1.52. The molecule has 0 aliphatic heterocycles. The minimum atomic E-state index is -0.240. The maximum atomic E-state index is 12.9. The first-order chi connectivity index (χ1) is 7.63. The van der Waals surface area contributed by atoms with Gasteiger partial charge in [0, 0.05) is 19.6 Å². The molecule has 0 aliphatic rings. The molecule has 16 heavy (non-hydrogen) atoms. The second-order valence-electron chi connectivity index (χ2n) is 3.69. The van der Waals surface area contributed by atoms with E-state index < -0.39 is 0 Å². The first-order valence-corrected chi connectivity index (χ1v) is 5.26. The molecule has 0 radical (unpaired) electrons. The molecule has 4 heteroatoms. The van der Waals surface area contributed by atoms with Crippen molar-refractivity contribution in [1.82, 2.24) is 5.32 Å². The van der Waals surface area contributed by atoms with Crippen LogP contribution in [0, 0.1) is 12.7 Å². The summed E-state index contributed by atoms with van der Waals surface area (Å²) in [6.45, 7) is 2.10. The van der Waals surface area contributed by atoms with Crippen LogP contribution in [0.3, 0.4) is 0 Å². The van der Waals surface area contributed by atoms with Gasteiger partial charge in [-0.25, -0.2) is 4.39 Å². The SMILES string of the molecule is Cc1cc(CNC(=O)CCCO)ccc1F. The Hall–Kier alpha value is -1.42. The van der Waals surface area contributed by atoms with E-state index in [2.05, 4.69) is 5.32 Å². The van der Waals surface area contributed by atoms with Gasteiger partial charge in [-0.1, -0.05) is 12.1 Å². The van der Waals surface area contributed by atoms with Crippen LogP contribution in [0.2, 0.25) is 0 Å². The Bertz CT molecular complexity index is 366. The van der Waals surface area contributed by atoms with Gasteiger partial charge in [0.15, 0.2) is 0 Å². The maximum absolute atomic E-state index is 12.9. The fraction of sp³-hybridized carbons (Fsp3) is 0.417. The summed E-state index contributed by atoms with van der Waals surface area (Å²) >= 11 is 0. The number of aliphatic hydroxyl groups is 1. The van der Waals surface area contributed by atoms with Gasteiger partial charge in [-0.05, 0) is 30.5 Å². The molecule has 0 aliphatic carbocycles. The van der Waals surface area contributed by atoms with E-state index in [9.17, 15) is 9.18 Å². The normalized spacial score (nSPS) is 10.2. The number of hydrogen-bond acceptors (Lipinski definition) is 2. The lowest BCUT2D eigenvalue weighted by molar-refractivity contribution is -0.121. The average Bonchev–Trinajstić information content (AvgIpc) is 2.28. The van der Waals surface area contributed by atoms with Gasteiger partial charge in [0.1, 0.15) is 5.82 Å². The summed E-state index contributed by atoms with van der Waals surface area (Å²) in [5, 5.41) is 11.3. The van der Waals surface area contributed by atoms with Crippen LogP contribution in [0.1, 0.15) is 24.0 Å². The van der Waals surface area contributed by atoms with Crippen molar-refractivity contribution in [2.24, 2.45) is 0 Å². The summed E-state index contributed by atoms with van der Waals surface area (Å²) in [4.78, 5) is 11.2. The Morgan fingerprint density at radius 3 is 2.88 bits per heavy atom. The van der Waals surface area contributed by atoms with E-state index in [4.69, 9.17) is 5.11 Å². The molecular formula is C12H16FNO2. The van der Waals surface area contributed by atoms with Gasteiger partial charge >= 0.3 is 0 Å². The first-order valence-electron chi connectivity index (χ1n) is 5.26. The van der Waals surface area contributed by atoms with Gasteiger partial charge in [0.05, 0.1) is 0 Å². The number of amides is 1. The lowest BCUT2D eigenvalue weighted by Crippen LogP contribution is -2.22. The summed E-state index contributed by atoms with van der Waals surface area (Å²) in [7, 11) is 0. The van der Waals surface area contributed by atoms with Gasteiger partial charge in [-0.15, -0.1) is 0 Å². The van der Waals surface area contributed by atoms with Gasteiger partial charge in [-0.2, -0.15) is 0 Å². The number of nitrogens with one attached hydrogen (secondary N) is 1. The molecule has 0 saturated heterocycles. The molecule has 1 aromatic rings. The fourth-order valence-electron chi connectivity index (χ4n) is 1.35. The van der Waals surface area contributed by atoms with Crippen LogP contribution in [0.5, 0.6) is 0 Å². The van der Waals surface area contributed by atoms with Crippen LogP contribution in [0.25, 0.3) is 0 Å². The highest BCUT2D eigenvalue weighted by molar-refractivity contribution is 5.75. The molecule has 1 amide bonds. The number of hydrogen-bond donors (Lipinski definition) is 2. The van der Waals surface area contributed by atoms with E-state index in [1.807, 2.05) is 0 Å². The number of carbonyl (C=O) groups excluding carboxylic acids is 1. The maximum Gasteiger partial charge on any atom is 0.220 e. The van der Waals surface area contributed by atoms with Gasteiger partial charge < -0.3 is 10.4 Å². The van der Waals surface area contributed by atoms with Crippen LogP contribution < -0.4 is 5.32 Å². The molecule has 1 rings (SSSR count). The van der Waals surface area contributed by atoms with Gasteiger partial charge in [-0.3, -0.25) is 4.79 Å². The summed E-state index contributed by atoms with van der Waals surface area (Å²) in [5.41, 5.74) is 1.44. The number of rotatable bonds is 5. The van der Waals surface area contributed by atoms with Gasteiger partial charge in [0.25, 0.3) is 0 Å². The van der Waals surface area contributed by atoms with E-state index in [0.717, 1.165) is 5.56 Å². The molecule has 0 spiro atoms. The molecule has 0 aromatic heterocycles. The lowest BCUT2D eigenvalue weighted by atomic mass is 10.1. The zero-order chi connectivity index (χ0) is 12.0. The molecular weight excluding hydrogens is 209 g/mol. The average molecular weight is 225 g/mol. The standard InChI is InChI=1S/C12H16FNO2/c1-9-7-10(4-5-11(9)13)8-14-12(16)3-2-6-15/h4-5,7,15H,2-3,6,8H2,1H3,(H,14,16). The largest absolute Gasteiger partial charge is 0.396 e. The Labute approximate surface area is 94.3 Å². The van der Waals surface area contributed by atoms with Crippen molar-refractivity contribution in [3.05, 3.63) is 35.1 Å². The molecule has 0 fully saturated rings. The molecule has 2 N–H and O–H groups in total. The Kier molecular flexibility index (Phi) is 4.92. The van der Waals surface area contributed by atoms with E-state index >= 15 is 0 Å². The van der Waals surface area contributed by atoms with E-state index in [0.29, 0.717) is 24.9 Å². The highest BCUT2D eigenvalue weighted by atomic mass is 19.1. The van der Waals surface area contributed by atoms with Crippen LogP contribution in [-0.4, -0.2) is 17.6 Å². The van der Waals surface area contributed by atoms with Crippen LogP contribution in [0.15, 0.2) is 18.2 Å². The number of carbonyl (C=O) groups is 1. The van der Waals surface area contributed by atoms with Crippen LogP contribution in [-0.2, 0) is 11.3 Å². The minimum absolute atomic E-state index is 0.0169. The molecule has 3 nitrogen and oxygen atoms in total. The van der Waals surface area contributed by atoms with Gasteiger partial charge in [0.2, 0.25) is 5.91 Å². The molecule has 1 aromatic carbocycles. The quantitative estimate of drug-likeness (QED) is 0.798. The number of halogens is 1. The second kappa shape index (κ2) is 6.23. The summed E-state index contributed by atoms with van der Waals surface area (Å²) in [6.07, 6.45) is 0.783. The summed E-state index contributed by atoms with van der Waals surface area (Å²) in [5.74, 6) is -0.341. The highest BCUT2D eigenvalue weighted by Crippen LogP contribution is 2.08. The first kappa shape index (κ1) is 12.6. The summed E-state index contributed by atoms with van der Waals surface area (Å²) in [6, 6.07) is 4.75. The van der Waals surface area contributed by atoms with Crippen molar-refractivity contribution in [2.45, 2.75) is 26.3 Å². The van der Waals surface area contributed by atoms with E-state index in [1.54, 1.807) is 19.1 Å². The van der Waals surface area contributed by atoms with E-state index in [1.165, 1.54) is 6.07 Å². The zero-order valence-corrected chi connectivity index (χ0v) is 9.29. The Morgan fingerprint density at radius 1 is 1.50 bits per heavy atom. The smallest absolute Gasteiger partial charge is 0.220 e.